The smallest absolute Gasteiger partial charge is 0.355 e. The third-order valence-corrected chi connectivity index (χ3v) is 1.46. The average Bonchev–Trinajstić information content (AvgIpc) is 2.07. The van der Waals surface area contributed by atoms with E-state index in [9.17, 15) is 22.8 Å². The molecule has 4 nitrogen and oxygen atoms in total. The van der Waals surface area contributed by atoms with Crippen molar-refractivity contribution in [3.63, 3.8) is 0 Å². The van der Waals surface area contributed by atoms with Gasteiger partial charge in [0.15, 0.2) is 11.5 Å². The third kappa shape index (κ3) is 1.76. The molecular weight excluding hydrogens is 203 g/mol. The van der Waals surface area contributed by atoms with Gasteiger partial charge in [-0.2, -0.15) is 0 Å². The maximum atomic E-state index is 12.9. The maximum absolute atomic E-state index is 12.9. The van der Waals surface area contributed by atoms with Crippen LogP contribution in [0.5, 0.6) is 0 Å². The highest BCUT2D eigenvalue weighted by Crippen LogP contribution is 2.21. The molecule has 0 radical (unpaired) electrons. The molecule has 14 heavy (non-hydrogen) atoms. The second-order valence-electron chi connectivity index (χ2n) is 2.38. The molecule has 2 N–H and O–H groups in total. The van der Waals surface area contributed by atoms with E-state index in [1.165, 1.54) is 0 Å². The van der Waals surface area contributed by atoms with Gasteiger partial charge >= 0.3 is 5.97 Å². The van der Waals surface area contributed by atoms with Crippen LogP contribution in [0.15, 0.2) is 10.9 Å². The van der Waals surface area contributed by atoms with Crippen LogP contribution in [0.3, 0.4) is 0 Å². The predicted molar refractivity (Wildman–Crippen MR) is 38.9 cm³/mol. The van der Waals surface area contributed by atoms with Crippen LogP contribution < -0.4 is 5.56 Å². The Labute approximate surface area is 75.0 Å². The van der Waals surface area contributed by atoms with E-state index < -0.39 is 35.0 Å². The van der Waals surface area contributed by atoms with Crippen molar-refractivity contribution in [1.29, 1.82) is 0 Å². The summed E-state index contributed by atoms with van der Waals surface area (Å²) in [7, 11) is 0. The first-order valence-corrected chi connectivity index (χ1v) is 3.37. The van der Waals surface area contributed by atoms with Crippen LogP contribution in [-0.4, -0.2) is 16.1 Å². The summed E-state index contributed by atoms with van der Waals surface area (Å²) in [5, 5.41) is 8.34. The molecule has 1 aromatic heterocycles. The van der Waals surface area contributed by atoms with Gasteiger partial charge in [0.1, 0.15) is 0 Å². The van der Waals surface area contributed by atoms with Gasteiger partial charge in [0, 0.05) is 6.07 Å². The minimum Gasteiger partial charge on any atom is -0.476 e. The van der Waals surface area contributed by atoms with Crippen LogP contribution in [0.25, 0.3) is 0 Å². The highest BCUT2D eigenvalue weighted by atomic mass is 19.3. The molecule has 0 saturated heterocycles. The number of pyridine rings is 1. The molecule has 0 atom stereocenters. The topological polar surface area (TPSA) is 70.2 Å². The van der Waals surface area contributed by atoms with Crippen LogP contribution in [0.4, 0.5) is 13.2 Å². The summed E-state index contributed by atoms with van der Waals surface area (Å²) in [6, 6.07) is 0.326. The Hall–Kier alpha value is -1.79. The lowest BCUT2D eigenvalue weighted by atomic mass is 10.2. The van der Waals surface area contributed by atoms with Crippen molar-refractivity contribution < 1.29 is 23.1 Å². The largest absolute Gasteiger partial charge is 0.476 e. The van der Waals surface area contributed by atoms with Gasteiger partial charge in [-0.15, -0.1) is 0 Å². The first-order chi connectivity index (χ1) is 6.43. The molecule has 0 bridgehead atoms. The second-order valence-corrected chi connectivity index (χ2v) is 2.38. The molecule has 0 aromatic carbocycles. The van der Waals surface area contributed by atoms with Crippen molar-refractivity contribution in [2.75, 3.05) is 0 Å². The monoisotopic (exact) mass is 207 g/mol. The maximum Gasteiger partial charge on any atom is 0.355 e. The molecule has 0 saturated carbocycles. The van der Waals surface area contributed by atoms with E-state index in [4.69, 9.17) is 5.11 Å². The van der Waals surface area contributed by atoms with E-state index in [0.717, 1.165) is 0 Å². The Kier molecular flexibility index (Phi) is 2.59. The Balaban J connectivity index is 3.48. The minimum atomic E-state index is -3.23. The number of nitrogens with one attached hydrogen (secondary N) is 1. The van der Waals surface area contributed by atoms with E-state index >= 15 is 0 Å². The highest BCUT2D eigenvalue weighted by Gasteiger charge is 2.21. The van der Waals surface area contributed by atoms with Crippen molar-refractivity contribution in [2.24, 2.45) is 0 Å². The van der Waals surface area contributed by atoms with Gasteiger partial charge in [-0.25, -0.2) is 18.0 Å². The van der Waals surface area contributed by atoms with Crippen LogP contribution in [-0.2, 0) is 0 Å². The molecule has 7 heteroatoms. The van der Waals surface area contributed by atoms with Gasteiger partial charge in [-0.3, -0.25) is 4.79 Å². The van der Waals surface area contributed by atoms with E-state index in [1.807, 2.05) is 0 Å². The van der Waals surface area contributed by atoms with Crippen molar-refractivity contribution in [3.8, 4) is 0 Å². The number of carboxylic acids is 1. The van der Waals surface area contributed by atoms with E-state index in [1.54, 1.807) is 4.98 Å². The normalized spacial score (nSPS) is 10.6. The van der Waals surface area contributed by atoms with Crippen molar-refractivity contribution >= 4 is 5.97 Å². The fourth-order valence-corrected chi connectivity index (χ4v) is 0.869. The summed E-state index contributed by atoms with van der Waals surface area (Å²) in [4.78, 5) is 22.6. The minimum absolute atomic E-state index is 0.326. The molecule has 0 unspecified atom stereocenters. The molecule has 1 rings (SSSR count). The standard InChI is InChI=1S/C7H4F3NO3/c8-4-2(6(9)10)1-3(12)11-5(4)7(13)14/h1,6H,(H,11,12)(H,13,14). The van der Waals surface area contributed by atoms with Gasteiger partial charge in [0.05, 0.1) is 5.56 Å². The summed E-state index contributed by atoms with van der Waals surface area (Å²) in [5.41, 5.74) is -3.46. The molecule has 1 aromatic rings. The van der Waals surface area contributed by atoms with Crippen molar-refractivity contribution in [2.45, 2.75) is 6.43 Å². The van der Waals surface area contributed by atoms with Crippen LogP contribution in [0.2, 0.25) is 0 Å². The van der Waals surface area contributed by atoms with Crippen LogP contribution >= 0.6 is 0 Å². The van der Waals surface area contributed by atoms with Crippen LogP contribution in [0, 0.1) is 5.82 Å². The quantitative estimate of drug-likeness (QED) is 0.764. The number of aromatic nitrogens is 1. The number of halogens is 3. The first-order valence-electron chi connectivity index (χ1n) is 3.37. The van der Waals surface area contributed by atoms with Gasteiger partial charge < -0.3 is 10.1 Å². The zero-order valence-electron chi connectivity index (χ0n) is 6.55. The number of carbonyl (C=O) groups is 1. The average molecular weight is 207 g/mol. The number of aromatic amines is 1. The SMILES string of the molecule is O=C(O)c1[nH]c(=O)cc(C(F)F)c1F. The Bertz CT molecular complexity index is 427. The summed E-state index contributed by atoms with van der Waals surface area (Å²) < 4.78 is 37.1. The Morgan fingerprint density at radius 2 is 2.07 bits per heavy atom. The number of alkyl halides is 2. The second kappa shape index (κ2) is 3.52. The summed E-state index contributed by atoms with van der Waals surface area (Å²) >= 11 is 0. The fourth-order valence-electron chi connectivity index (χ4n) is 0.869. The van der Waals surface area contributed by atoms with E-state index in [2.05, 4.69) is 0 Å². The number of rotatable bonds is 2. The van der Waals surface area contributed by atoms with Gasteiger partial charge in [0.2, 0.25) is 5.56 Å². The lowest BCUT2D eigenvalue weighted by Crippen LogP contribution is -2.17. The van der Waals surface area contributed by atoms with Gasteiger partial charge in [0.25, 0.3) is 6.43 Å². The molecule has 0 amide bonds. The van der Waals surface area contributed by atoms with E-state index in [-0.39, 0.29) is 0 Å². The van der Waals surface area contributed by atoms with Gasteiger partial charge in [-0.1, -0.05) is 0 Å². The predicted octanol–water partition coefficient (Wildman–Crippen LogP) is 1.15. The zero-order valence-corrected chi connectivity index (χ0v) is 6.55. The fraction of sp³-hybridized carbons (Fsp3) is 0.143. The third-order valence-electron chi connectivity index (χ3n) is 1.46. The summed E-state index contributed by atoms with van der Waals surface area (Å²) in [6.45, 7) is 0. The van der Waals surface area contributed by atoms with Crippen LogP contribution in [0.1, 0.15) is 22.5 Å². The number of aromatic carboxylic acids is 1. The molecule has 0 fully saturated rings. The number of hydrogen-bond donors (Lipinski definition) is 2. The number of carboxylic acid groups (broad SMARTS) is 1. The lowest BCUT2D eigenvalue weighted by Gasteiger charge is -2.03. The van der Waals surface area contributed by atoms with Crippen molar-refractivity contribution in [1.82, 2.24) is 4.98 Å². The molecule has 0 aliphatic rings. The first kappa shape index (κ1) is 10.3. The molecule has 0 aliphatic heterocycles. The Morgan fingerprint density at radius 1 is 1.50 bits per heavy atom. The van der Waals surface area contributed by atoms with E-state index in [0.29, 0.717) is 6.07 Å². The Morgan fingerprint density at radius 3 is 2.50 bits per heavy atom. The summed E-state index contributed by atoms with van der Waals surface area (Å²) in [6.07, 6.45) is -3.23. The molecular formula is C7H4F3NO3. The molecule has 0 spiro atoms. The zero-order chi connectivity index (χ0) is 10.9. The summed E-state index contributed by atoms with van der Waals surface area (Å²) in [5.74, 6) is -3.42. The van der Waals surface area contributed by atoms with Crippen molar-refractivity contribution in [3.05, 3.63) is 33.5 Å². The molecule has 1 heterocycles. The molecule has 76 valence electrons. The highest BCUT2D eigenvalue weighted by molar-refractivity contribution is 5.85. The number of H-pyrrole nitrogens is 1. The lowest BCUT2D eigenvalue weighted by molar-refractivity contribution is 0.0682. The molecule has 0 aliphatic carbocycles. The number of hydrogen-bond acceptors (Lipinski definition) is 2. The van der Waals surface area contributed by atoms with Gasteiger partial charge in [-0.05, 0) is 0 Å².